The summed E-state index contributed by atoms with van der Waals surface area (Å²) in [5, 5.41) is 4.58. The standard InChI is InChI=1S/C22H16O2/c1-3-6-14-13(2)9-10-17-20(14)22-19(24-17)12-11-18-21(22)15-7-4-5-8-16(15)23-18/h3-12H,1-2H3/b6-3-. The molecule has 5 aromatic rings. The molecule has 0 spiro atoms. The van der Waals surface area contributed by atoms with E-state index in [9.17, 15) is 0 Å². The first kappa shape index (κ1) is 13.4. The maximum Gasteiger partial charge on any atom is 0.136 e. The van der Waals surface area contributed by atoms with E-state index in [0.717, 1.165) is 38.5 Å². The maximum absolute atomic E-state index is 6.15. The van der Waals surface area contributed by atoms with Crippen molar-refractivity contribution in [1.82, 2.24) is 0 Å². The Bertz CT molecular complexity index is 1270. The molecule has 2 heteroatoms. The van der Waals surface area contributed by atoms with Gasteiger partial charge in [0.2, 0.25) is 0 Å². The minimum absolute atomic E-state index is 0.902. The van der Waals surface area contributed by atoms with Gasteiger partial charge in [0, 0.05) is 21.5 Å². The molecule has 5 rings (SSSR count). The molecule has 0 aliphatic carbocycles. The highest BCUT2D eigenvalue weighted by atomic mass is 16.3. The van der Waals surface area contributed by atoms with Crippen LogP contribution in [0.4, 0.5) is 0 Å². The topological polar surface area (TPSA) is 26.3 Å². The van der Waals surface area contributed by atoms with E-state index in [2.05, 4.69) is 43.3 Å². The van der Waals surface area contributed by atoms with E-state index in [-0.39, 0.29) is 0 Å². The van der Waals surface area contributed by atoms with Gasteiger partial charge in [-0.2, -0.15) is 0 Å². The lowest BCUT2D eigenvalue weighted by Crippen LogP contribution is -1.82. The van der Waals surface area contributed by atoms with Crippen LogP contribution < -0.4 is 0 Å². The van der Waals surface area contributed by atoms with Gasteiger partial charge in [0.15, 0.2) is 0 Å². The number of fused-ring (bicyclic) bond motifs is 7. The third-order valence-corrected chi connectivity index (χ3v) is 4.73. The summed E-state index contributed by atoms with van der Waals surface area (Å²) in [6, 6.07) is 16.4. The molecule has 0 saturated carbocycles. The van der Waals surface area contributed by atoms with E-state index in [4.69, 9.17) is 8.83 Å². The molecule has 116 valence electrons. The predicted molar refractivity (Wildman–Crippen MR) is 100 cm³/mol. The van der Waals surface area contributed by atoms with Crippen molar-refractivity contribution in [1.29, 1.82) is 0 Å². The zero-order valence-corrected chi connectivity index (χ0v) is 13.6. The SMILES string of the molecule is C/C=C\c1c(C)ccc2oc3ccc4oc5ccccc5c4c3c12. The van der Waals surface area contributed by atoms with Crippen LogP contribution in [-0.2, 0) is 0 Å². The van der Waals surface area contributed by atoms with Crippen molar-refractivity contribution in [2.75, 3.05) is 0 Å². The number of aryl methyl sites for hydroxylation is 1. The largest absolute Gasteiger partial charge is 0.456 e. The molecular weight excluding hydrogens is 296 g/mol. The summed E-state index contributed by atoms with van der Waals surface area (Å²) in [7, 11) is 0. The number of rotatable bonds is 1. The third kappa shape index (κ3) is 1.65. The molecule has 2 nitrogen and oxygen atoms in total. The summed E-state index contributed by atoms with van der Waals surface area (Å²) in [5.74, 6) is 0. The smallest absolute Gasteiger partial charge is 0.136 e. The minimum atomic E-state index is 0.902. The van der Waals surface area contributed by atoms with Crippen molar-refractivity contribution in [2.45, 2.75) is 13.8 Å². The van der Waals surface area contributed by atoms with Crippen molar-refractivity contribution in [3.8, 4) is 0 Å². The first-order chi connectivity index (χ1) is 11.8. The highest BCUT2D eigenvalue weighted by molar-refractivity contribution is 6.27. The van der Waals surface area contributed by atoms with Crippen molar-refractivity contribution in [3.05, 3.63) is 65.7 Å². The molecule has 0 N–H and O–H groups in total. The van der Waals surface area contributed by atoms with Gasteiger partial charge in [-0.3, -0.25) is 0 Å². The summed E-state index contributed by atoms with van der Waals surface area (Å²) in [5.41, 5.74) is 6.09. The zero-order valence-electron chi connectivity index (χ0n) is 13.6. The second kappa shape index (κ2) is 4.75. The fourth-order valence-electron chi connectivity index (χ4n) is 3.68. The molecule has 24 heavy (non-hydrogen) atoms. The van der Waals surface area contributed by atoms with Gasteiger partial charge in [-0.25, -0.2) is 0 Å². The molecule has 0 bridgehead atoms. The number of allylic oxidation sites excluding steroid dienone is 1. The highest BCUT2D eigenvalue weighted by Crippen LogP contribution is 2.41. The van der Waals surface area contributed by atoms with E-state index in [1.165, 1.54) is 16.5 Å². The van der Waals surface area contributed by atoms with Gasteiger partial charge in [-0.15, -0.1) is 0 Å². The Labute approximate surface area is 139 Å². The molecule has 3 aromatic carbocycles. The third-order valence-electron chi connectivity index (χ3n) is 4.73. The Balaban J connectivity index is 2.14. The van der Waals surface area contributed by atoms with Crippen LogP contribution in [0.1, 0.15) is 18.1 Å². The van der Waals surface area contributed by atoms with Gasteiger partial charge in [0.1, 0.15) is 22.3 Å². The predicted octanol–water partition coefficient (Wildman–Crippen LogP) is 6.83. The van der Waals surface area contributed by atoms with Crippen molar-refractivity contribution < 1.29 is 8.83 Å². The summed E-state index contributed by atoms with van der Waals surface area (Å²) in [6.07, 6.45) is 4.24. The molecule has 0 aliphatic rings. The van der Waals surface area contributed by atoms with Crippen LogP contribution in [0.5, 0.6) is 0 Å². The molecule has 0 aliphatic heterocycles. The van der Waals surface area contributed by atoms with E-state index < -0.39 is 0 Å². The van der Waals surface area contributed by atoms with Crippen LogP contribution in [0.3, 0.4) is 0 Å². The number of furan rings is 2. The second-order valence-corrected chi connectivity index (χ2v) is 6.18. The molecule has 0 radical (unpaired) electrons. The van der Waals surface area contributed by atoms with Gasteiger partial charge in [0.05, 0.1) is 0 Å². The lowest BCUT2D eigenvalue weighted by atomic mass is 9.98. The Hall–Kier alpha value is -3.00. The van der Waals surface area contributed by atoms with Crippen LogP contribution in [0.25, 0.3) is 50.0 Å². The summed E-state index contributed by atoms with van der Waals surface area (Å²) < 4.78 is 12.2. The van der Waals surface area contributed by atoms with Gasteiger partial charge < -0.3 is 8.83 Å². The first-order valence-corrected chi connectivity index (χ1v) is 8.16. The molecule has 0 saturated heterocycles. The van der Waals surface area contributed by atoms with E-state index >= 15 is 0 Å². The summed E-state index contributed by atoms with van der Waals surface area (Å²) in [4.78, 5) is 0. The fourth-order valence-corrected chi connectivity index (χ4v) is 3.68. The van der Waals surface area contributed by atoms with Crippen LogP contribution in [0.2, 0.25) is 0 Å². The molecular formula is C22H16O2. The van der Waals surface area contributed by atoms with E-state index in [0.29, 0.717) is 0 Å². The summed E-state index contributed by atoms with van der Waals surface area (Å²) >= 11 is 0. The van der Waals surface area contributed by atoms with Gasteiger partial charge in [-0.05, 0) is 49.2 Å². The maximum atomic E-state index is 6.15. The number of benzene rings is 3. The average Bonchev–Trinajstić information content (AvgIpc) is 3.15. The number of hydrogen-bond donors (Lipinski definition) is 0. The lowest BCUT2D eigenvalue weighted by molar-refractivity contribution is 0.663. The van der Waals surface area contributed by atoms with Crippen LogP contribution in [0.15, 0.2) is 63.4 Å². The number of para-hydroxylation sites is 1. The average molecular weight is 312 g/mol. The Morgan fingerprint density at radius 1 is 0.708 bits per heavy atom. The molecule has 0 unspecified atom stereocenters. The number of hydrogen-bond acceptors (Lipinski definition) is 2. The van der Waals surface area contributed by atoms with Gasteiger partial charge in [0.25, 0.3) is 0 Å². The molecule has 2 heterocycles. The van der Waals surface area contributed by atoms with E-state index in [1.54, 1.807) is 0 Å². The normalized spacial score (nSPS) is 12.4. The van der Waals surface area contributed by atoms with Gasteiger partial charge >= 0.3 is 0 Å². The Morgan fingerprint density at radius 2 is 1.38 bits per heavy atom. The first-order valence-electron chi connectivity index (χ1n) is 8.16. The van der Waals surface area contributed by atoms with Gasteiger partial charge in [-0.1, -0.05) is 36.4 Å². The molecule has 2 aromatic heterocycles. The summed E-state index contributed by atoms with van der Waals surface area (Å²) in [6.45, 7) is 4.19. The minimum Gasteiger partial charge on any atom is -0.456 e. The van der Waals surface area contributed by atoms with Crippen LogP contribution in [-0.4, -0.2) is 0 Å². The van der Waals surface area contributed by atoms with E-state index in [1.807, 2.05) is 31.2 Å². The lowest BCUT2D eigenvalue weighted by Gasteiger charge is -2.02. The monoisotopic (exact) mass is 312 g/mol. The van der Waals surface area contributed by atoms with Crippen LogP contribution >= 0.6 is 0 Å². The fraction of sp³-hybridized carbons (Fsp3) is 0.0909. The van der Waals surface area contributed by atoms with Crippen molar-refractivity contribution in [3.63, 3.8) is 0 Å². The molecule has 0 atom stereocenters. The molecule has 0 amide bonds. The molecule has 0 fully saturated rings. The Kier molecular flexibility index (Phi) is 2.66. The van der Waals surface area contributed by atoms with Crippen molar-refractivity contribution in [2.24, 2.45) is 0 Å². The quantitative estimate of drug-likeness (QED) is 0.339. The van der Waals surface area contributed by atoms with Crippen molar-refractivity contribution >= 4 is 50.0 Å². The Morgan fingerprint density at radius 3 is 2.21 bits per heavy atom. The zero-order chi connectivity index (χ0) is 16.3. The second-order valence-electron chi connectivity index (χ2n) is 6.18. The van der Waals surface area contributed by atoms with Crippen LogP contribution in [0, 0.1) is 6.92 Å². The highest BCUT2D eigenvalue weighted by Gasteiger charge is 2.18.